The Kier molecular flexibility index (Phi) is 6.50. The van der Waals surface area contributed by atoms with Crippen molar-refractivity contribution in [3.05, 3.63) is 46.5 Å². The van der Waals surface area contributed by atoms with Gasteiger partial charge in [0.1, 0.15) is 6.61 Å². The molecule has 1 atom stereocenters. The van der Waals surface area contributed by atoms with Gasteiger partial charge in [-0.25, -0.2) is 4.79 Å². The predicted octanol–water partition coefficient (Wildman–Crippen LogP) is 3.45. The zero-order valence-corrected chi connectivity index (χ0v) is 14.0. The van der Waals surface area contributed by atoms with Crippen LogP contribution in [0, 0.1) is 20.8 Å². The van der Waals surface area contributed by atoms with Crippen LogP contribution in [0.4, 0.5) is 0 Å². The normalized spacial score (nSPS) is 11.9. The molecular weight excluding hydrogens is 280 g/mol. The SMILES string of the molecule is C=CCOC(C)C(=O)OCc1c(C)cc(C)c(C(C)=O)c1C. The maximum Gasteiger partial charge on any atom is 0.335 e. The predicted molar refractivity (Wildman–Crippen MR) is 86.1 cm³/mol. The van der Waals surface area contributed by atoms with E-state index in [9.17, 15) is 9.59 Å². The number of ketones is 1. The summed E-state index contributed by atoms with van der Waals surface area (Å²) in [4.78, 5) is 23.7. The first-order chi connectivity index (χ1) is 10.3. The molecule has 1 aromatic carbocycles. The average Bonchev–Trinajstić information content (AvgIpc) is 2.43. The molecule has 4 heteroatoms. The van der Waals surface area contributed by atoms with E-state index >= 15 is 0 Å². The van der Waals surface area contributed by atoms with Crippen LogP contribution in [0.5, 0.6) is 0 Å². The van der Waals surface area contributed by atoms with E-state index in [1.165, 1.54) is 0 Å². The van der Waals surface area contributed by atoms with Crippen LogP contribution in [0.25, 0.3) is 0 Å². The summed E-state index contributed by atoms with van der Waals surface area (Å²) in [5.74, 6) is -0.407. The van der Waals surface area contributed by atoms with Crippen molar-refractivity contribution in [2.24, 2.45) is 0 Å². The first kappa shape index (κ1) is 18.1. The zero-order chi connectivity index (χ0) is 16.9. The zero-order valence-electron chi connectivity index (χ0n) is 14.0. The van der Waals surface area contributed by atoms with Crippen molar-refractivity contribution in [3.8, 4) is 0 Å². The molecule has 4 nitrogen and oxygen atoms in total. The van der Waals surface area contributed by atoms with Crippen molar-refractivity contribution >= 4 is 11.8 Å². The Labute approximate surface area is 132 Å². The van der Waals surface area contributed by atoms with Gasteiger partial charge in [0.2, 0.25) is 0 Å². The lowest BCUT2D eigenvalue weighted by Gasteiger charge is -2.17. The Bertz CT molecular complexity index is 587. The summed E-state index contributed by atoms with van der Waals surface area (Å²) >= 11 is 0. The monoisotopic (exact) mass is 304 g/mol. The summed E-state index contributed by atoms with van der Waals surface area (Å²) in [7, 11) is 0. The maximum atomic E-state index is 11.9. The van der Waals surface area contributed by atoms with Gasteiger partial charge in [0.25, 0.3) is 0 Å². The highest BCUT2D eigenvalue weighted by atomic mass is 16.6. The lowest BCUT2D eigenvalue weighted by molar-refractivity contribution is -0.156. The van der Waals surface area contributed by atoms with Gasteiger partial charge in [0.05, 0.1) is 6.61 Å². The van der Waals surface area contributed by atoms with Gasteiger partial charge < -0.3 is 9.47 Å². The van der Waals surface area contributed by atoms with Gasteiger partial charge in [-0.15, -0.1) is 6.58 Å². The lowest BCUT2D eigenvalue weighted by Crippen LogP contribution is -2.23. The van der Waals surface area contributed by atoms with E-state index in [-0.39, 0.29) is 12.4 Å². The van der Waals surface area contributed by atoms with E-state index in [2.05, 4.69) is 6.58 Å². The Balaban J connectivity index is 2.90. The second kappa shape index (κ2) is 7.90. The summed E-state index contributed by atoms with van der Waals surface area (Å²) in [6.07, 6.45) is 0.938. The second-order valence-corrected chi connectivity index (χ2v) is 5.42. The van der Waals surface area contributed by atoms with Crippen LogP contribution in [0.2, 0.25) is 0 Å². The molecule has 0 saturated carbocycles. The number of esters is 1. The number of carbonyl (C=O) groups is 2. The molecule has 0 radical (unpaired) electrons. The fraction of sp³-hybridized carbons (Fsp3) is 0.444. The molecule has 22 heavy (non-hydrogen) atoms. The molecule has 1 unspecified atom stereocenters. The van der Waals surface area contributed by atoms with E-state index < -0.39 is 12.1 Å². The first-order valence-electron chi connectivity index (χ1n) is 7.29. The Morgan fingerprint density at radius 1 is 1.27 bits per heavy atom. The molecule has 0 amide bonds. The fourth-order valence-corrected chi connectivity index (χ4v) is 2.53. The van der Waals surface area contributed by atoms with Crippen molar-refractivity contribution in [2.45, 2.75) is 47.3 Å². The van der Waals surface area contributed by atoms with Gasteiger partial charge in [-0.1, -0.05) is 12.1 Å². The topological polar surface area (TPSA) is 52.6 Å². The third-order valence-corrected chi connectivity index (χ3v) is 3.64. The Morgan fingerprint density at radius 3 is 2.45 bits per heavy atom. The summed E-state index contributed by atoms with van der Waals surface area (Å²) in [5, 5.41) is 0. The number of rotatable bonds is 7. The molecular formula is C18H24O4. The Morgan fingerprint density at radius 2 is 1.91 bits per heavy atom. The van der Waals surface area contributed by atoms with Gasteiger partial charge in [-0.3, -0.25) is 4.79 Å². The van der Waals surface area contributed by atoms with E-state index in [0.717, 1.165) is 22.3 Å². The molecule has 1 aromatic rings. The van der Waals surface area contributed by atoms with Gasteiger partial charge in [0.15, 0.2) is 11.9 Å². The molecule has 0 aliphatic rings. The van der Waals surface area contributed by atoms with Crippen molar-refractivity contribution in [1.82, 2.24) is 0 Å². The molecule has 0 N–H and O–H groups in total. The van der Waals surface area contributed by atoms with Crippen molar-refractivity contribution in [3.63, 3.8) is 0 Å². The van der Waals surface area contributed by atoms with Gasteiger partial charge in [-0.05, 0) is 56.9 Å². The highest BCUT2D eigenvalue weighted by molar-refractivity contribution is 5.97. The number of Topliss-reactive ketones (excluding diaryl/α,β-unsaturated/α-hetero) is 1. The van der Waals surface area contributed by atoms with Gasteiger partial charge >= 0.3 is 5.97 Å². The van der Waals surface area contributed by atoms with Gasteiger partial charge in [0, 0.05) is 5.56 Å². The summed E-state index contributed by atoms with van der Waals surface area (Å²) < 4.78 is 10.5. The van der Waals surface area contributed by atoms with E-state index in [0.29, 0.717) is 12.2 Å². The third kappa shape index (κ3) is 4.28. The molecule has 0 fully saturated rings. The minimum Gasteiger partial charge on any atom is -0.459 e. The van der Waals surface area contributed by atoms with Crippen molar-refractivity contribution < 1.29 is 19.1 Å². The van der Waals surface area contributed by atoms with E-state index in [1.54, 1.807) is 19.9 Å². The van der Waals surface area contributed by atoms with Crippen molar-refractivity contribution in [2.75, 3.05) is 6.61 Å². The number of carbonyl (C=O) groups excluding carboxylic acids is 2. The van der Waals surface area contributed by atoms with E-state index in [1.807, 2.05) is 26.8 Å². The number of aryl methyl sites for hydroxylation is 2. The van der Waals surface area contributed by atoms with Crippen molar-refractivity contribution in [1.29, 1.82) is 0 Å². The molecule has 0 aliphatic heterocycles. The summed E-state index contributed by atoms with van der Waals surface area (Å²) in [6, 6.07) is 1.95. The van der Waals surface area contributed by atoms with E-state index in [4.69, 9.17) is 9.47 Å². The highest BCUT2D eigenvalue weighted by Crippen LogP contribution is 2.23. The second-order valence-electron chi connectivity index (χ2n) is 5.42. The fourth-order valence-electron chi connectivity index (χ4n) is 2.53. The number of ether oxygens (including phenoxy) is 2. The Hall–Kier alpha value is -1.94. The number of hydrogen-bond donors (Lipinski definition) is 0. The molecule has 0 saturated heterocycles. The van der Waals surface area contributed by atoms with Crippen LogP contribution >= 0.6 is 0 Å². The molecule has 0 aromatic heterocycles. The molecule has 120 valence electrons. The van der Waals surface area contributed by atoms with Gasteiger partial charge in [-0.2, -0.15) is 0 Å². The minimum absolute atomic E-state index is 0.0188. The van der Waals surface area contributed by atoms with Crippen LogP contribution in [0.1, 0.15) is 46.5 Å². The number of hydrogen-bond acceptors (Lipinski definition) is 4. The summed E-state index contributed by atoms with van der Waals surface area (Å²) in [6.45, 7) is 12.9. The summed E-state index contributed by atoms with van der Waals surface area (Å²) in [5.41, 5.74) is 4.40. The highest BCUT2D eigenvalue weighted by Gasteiger charge is 2.18. The molecule has 0 bridgehead atoms. The third-order valence-electron chi connectivity index (χ3n) is 3.64. The van der Waals surface area contributed by atoms with Crippen LogP contribution in [0.15, 0.2) is 18.7 Å². The number of benzene rings is 1. The largest absolute Gasteiger partial charge is 0.459 e. The standard InChI is InChI=1S/C18H24O4/c1-7-8-21-15(6)18(20)22-10-16-11(2)9-12(3)17(13(16)4)14(5)19/h7,9,15H,1,8,10H2,2-6H3. The van der Waals surface area contributed by atoms with Crippen LogP contribution in [0.3, 0.4) is 0 Å². The van der Waals surface area contributed by atoms with Crippen LogP contribution < -0.4 is 0 Å². The van der Waals surface area contributed by atoms with Crippen LogP contribution in [-0.4, -0.2) is 24.5 Å². The molecule has 0 aliphatic carbocycles. The maximum absolute atomic E-state index is 11.9. The minimum atomic E-state index is -0.642. The average molecular weight is 304 g/mol. The first-order valence-corrected chi connectivity index (χ1v) is 7.29. The van der Waals surface area contributed by atoms with Crippen LogP contribution in [-0.2, 0) is 20.9 Å². The quantitative estimate of drug-likeness (QED) is 0.440. The molecule has 1 rings (SSSR count). The smallest absolute Gasteiger partial charge is 0.335 e. The molecule has 0 heterocycles. The lowest BCUT2D eigenvalue weighted by atomic mass is 9.92. The molecule has 0 spiro atoms.